The second kappa shape index (κ2) is 12.6. The smallest absolute Gasteiger partial charge is 0.155 e. The highest BCUT2D eigenvalue weighted by Gasteiger charge is 2.25. The van der Waals surface area contributed by atoms with Crippen molar-refractivity contribution in [2.75, 3.05) is 13.2 Å². The minimum atomic E-state index is -0.0627. The molecule has 0 aromatic heterocycles. The first-order chi connectivity index (χ1) is 14.1. The minimum Gasteiger partial charge on any atom is -0.353 e. The topological polar surface area (TPSA) is 36.9 Å². The van der Waals surface area contributed by atoms with Crippen molar-refractivity contribution >= 4 is 0 Å². The molecule has 3 aliphatic carbocycles. The molecule has 0 spiro atoms. The Morgan fingerprint density at radius 3 is 1.52 bits per heavy atom. The van der Waals surface area contributed by atoms with Crippen LogP contribution < -0.4 is 0 Å². The molecule has 4 heteroatoms. The van der Waals surface area contributed by atoms with Crippen molar-refractivity contribution in [1.82, 2.24) is 0 Å². The highest BCUT2D eigenvalue weighted by molar-refractivity contribution is 4.73. The van der Waals surface area contributed by atoms with Gasteiger partial charge in [-0.15, -0.1) is 0 Å². The van der Waals surface area contributed by atoms with Crippen LogP contribution in [0.4, 0.5) is 0 Å². The van der Waals surface area contributed by atoms with E-state index in [1.54, 1.807) is 0 Å². The molecule has 29 heavy (non-hydrogen) atoms. The van der Waals surface area contributed by atoms with Gasteiger partial charge in [0.25, 0.3) is 0 Å². The normalized spacial score (nSPS) is 34.0. The minimum absolute atomic E-state index is 0.0556. The van der Waals surface area contributed by atoms with Gasteiger partial charge in [0.15, 0.2) is 12.6 Å². The van der Waals surface area contributed by atoms with E-state index in [9.17, 15) is 0 Å². The van der Waals surface area contributed by atoms with E-state index in [4.69, 9.17) is 18.9 Å². The van der Waals surface area contributed by atoms with E-state index in [0.717, 1.165) is 19.1 Å². The molecule has 4 nitrogen and oxygen atoms in total. The van der Waals surface area contributed by atoms with Crippen LogP contribution in [0, 0.1) is 17.8 Å². The standard InChI is InChI=1S/C25H46O4/c1-19-9-15-25(16-10-19)29-21(3)27-18-23-13-11-22(12-14-23)17-26-20(2)28-24-7-5-4-6-8-24/h19-25H,4-18H2,1-3H3. The van der Waals surface area contributed by atoms with Crippen LogP contribution in [0.5, 0.6) is 0 Å². The van der Waals surface area contributed by atoms with Gasteiger partial charge < -0.3 is 18.9 Å². The van der Waals surface area contributed by atoms with Gasteiger partial charge in [-0.3, -0.25) is 0 Å². The fourth-order valence-electron chi connectivity index (χ4n) is 5.30. The van der Waals surface area contributed by atoms with Crippen LogP contribution in [-0.2, 0) is 18.9 Å². The van der Waals surface area contributed by atoms with Crippen molar-refractivity contribution in [2.45, 2.75) is 129 Å². The van der Waals surface area contributed by atoms with Gasteiger partial charge >= 0.3 is 0 Å². The summed E-state index contributed by atoms with van der Waals surface area (Å²) in [7, 11) is 0. The van der Waals surface area contributed by atoms with Crippen molar-refractivity contribution < 1.29 is 18.9 Å². The second-order valence-corrected chi connectivity index (χ2v) is 10.1. The Hall–Kier alpha value is -0.160. The first kappa shape index (κ1) is 23.5. The summed E-state index contributed by atoms with van der Waals surface area (Å²) < 4.78 is 24.3. The molecule has 2 unspecified atom stereocenters. The first-order valence-electron chi connectivity index (χ1n) is 12.6. The van der Waals surface area contributed by atoms with Crippen LogP contribution in [-0.4, -0.2) is 38.0 Å². The molecule has 170 valence electrons. The first-order valence-corrected chi connectivity index (χ1v) is 12.6. The van der Waals surface area contributed by atoms with Gasteiger partial charge in [0.05, 0.1) is 25.4 Å². The third-order valence-electron chi connectivity index (χ3n) is 7.38. The molecule has 0 bridgehead atoms. The van der Waals surface area contributed by atoms with Crippen molar-refractivity contribution in [3.8, 4) is 0 Å². The molecule has 0 aromatic carbocycles. The van der Waals surface area contributed by atoms with Crippen molar-refractivity contribution in [2.24, 2.45) is 17.8 Å². The van der Waals surface area contributed by atoms with Crippen molar-refractivity contribution in [3.63, 3.8) is 0 Å². The molecular formula is C25H46O4. The van der Waals surface area contributed by atoms with Crippen molar-refractivity contribution in [3.05, 3.63) is 0 Å². The van der Waals surface area contributed by atoms with Gasteiger partial charge in [-0.2, -0.15) is 0 Å². The van der Waals surface area contributed by atoms with E-state index in [1.165, 1.54) is 83.5 Å². The predicted molar refractivity (Wildman–Crippen MR) is 117 cm³/mol. The Balaban J connectivity index is 1.22. The average molecular weight is 411 g/mol. The van der Waals surface area contributed by atoms with E-state index in [1.807, 2.05) is 0 Å². The van der Waals surface area contributed by atoms with Gasteiger partial charge in [0.1, 0.15) is 0 Å². The number of hydrogen-bond acceptors (Lipinski definition) is 4. The third-order valence-corrected chi connectivity index (χ3v) is 7.38. The molecule has 0 heterocycles. The molecule has 0 radical (unpaired) electrons. The molecule has 0 saturated heterocycles. The van der Waals surface area contributed by atoms with E-state index in [0.29, 0.717) is 24.0 Å². The van der Waals surface area contributed by atoms with Crippen LogP contribution in [0.2, 0.25) is 0 Å². The average Bonchev–Trinajstić information content (AvgIpc) is 2.74. The Bertz CT molecular complexity index is 421. The Morgan fingerprint density at radius 2 is 1.03 bits per heavy atom. The Labute approximate surface area is 179 Å². The molecule has 0 aromatic rings. The van der Waals surface area contributed by atoms with Crippen LogP contribution >= 0.6 is 0 Å². The lowest BCUT2D eigenvalue weighted by atomic mass is 9.83. The highest BCUT2D eigenvalue weighted by Crippen LogP contribution is 2.31. The highest BCUT2D eigenvalue weighted by atomic mass is 16.7. The Morgan fingerprint density at radius 1 is 0.586 bits per heavy atom. The quantitative estimate of drug-likeness (QED) is 0.387. The maximum atomic E-state index is 6.12. The van der Waals surface area contributed by atoms with Gasteiger partial charge in [0, 0.05) is 0 Å². The van der Waals surface area contributed by atoms with Gasteiger partial charge in [-0.1, -0.05) is 26.2 Å². The van der Waals surface area contributed by atoms with Gasteiger partial charge in [0.2, 0.25) is 0 Å². The molecular weight excluding hydrogens is 364 g/mol. The van der Waals surface area contributed by atoms with Gasteiger partial charge in [-0.25, -0.2) is 0 Å². The van der Waals surface area contributed by atoms with Crippen LogP contribution in [0.3, 0.4) is 0 Å². The summed E-state index contributed by atoms with van der Waals surface area (Å²) in [6.07, 6.45) is 17.1. The summed E-state index contributed by atoms with van der Waals surface area (Å²) in [5, 5.41) is 0. The summed E-state index contributed by atoms with van der Waals surface area (Å²) in [6.45, 7) is 8.19. The fraction of sp³-hybridized carbons (Fsp3) is 1.00. The zero-order chi connectivity index (χ0) is 20.5. The molecule has 3 aliphatic rings. The van der Waals surface area contributed by atoms with E-state index in [-0.39, 0.29) is 12.6 Å². The fourth-order valence-corrected chi connectivity index (χ4v) is 5.30. The summed E-state index contributed by atoms with van der Waals surface area (Å²) >= 11 is 0. The molecule has 0 aliphatic heterocycles. The SMILES string of the molecule is CC1CCC(OC(C)OCC2CCC(COC(C)OC3CCCCC3)CC2)CC1. The van der Waals surface area contributed by atoms with E-state index < -0.39 is 0 Å². The molecule has 3 fully saturated rings. The summed E-state index contributed by atoms with van der Waals surface area (Å²) in [4.78, 5) is 0. The zero-order valence-corrected chi connectivity index (χ0v) is 19.3. The maximum absolute atomic E-state index is 6.12. The summed E-state index contributed by atoms with van der Waals surface area (Å²) in [5.41, 5.74) is 0. The van der Waals surface area contributed by atoms with Crippen LogP contribution in [0.15, 0.2) is 0 Å². The second-order valence-electron chi connectivity index (χ2n) is 10.1. The molecule has 3 rings (SSSR count). The summed E-state index contributed by atoms with van der Waals surface area (Å²) in [6, 6.07) is 0. The molecule has 0 N–H and O–H groups in total. The molecule has 2 atom stereocenters. The molecule has 0 amide bonds. The monoisotopic (exact) mass is 410 g/mol. The summed E-state index contributed by atoms with van der Waals surface area (Å²) in [5.74, 6) is 2.23. The van der Waals surface area contributed by atoms with Crippen LogP contribution in [0.1, 0.15) is 104 Å². The largest absolute Gasteiger partial charge is 0.353 e. The third kappa shape index (κ3) is 8.85. The number of hydrogen-bond donors (Lipinski definition) is 0. The van der Waals surface area contributed by atoms with Crippen molar-refractivity contribution in [1.29, 1.82) is 0 Å². The maximum Gasteiger partial charge on any atom is 0.155 e. The Kier molecular flexibility index (Phi) is 10.2. The lowest BCUT2D eigenvalue weighted by Gasteiger charge is -2.32. The lowest BCUT2D eigenvalue weighted by molar-refractivity contribution is -0.180. The van der Waals surface area contributed by atoms with Gasteiger partial charge in [-0.05, 0) is 95.8 Å². The number of rotatable bonds is 10. The van der Waals surface area contributed by atoms with Crippen LogP contribution in [0.25, 0.3) is 0 Å². The zero-order valence-electron chi connectivity index (χ0n) is 19.3. The lowest BCUT2D eigenvalue weighted by Crippen LogP contribution is -2.29. The predicted octanol–water partition coefficient (Wildman–Crippen LogP) is 6.46. The van der Waals surface area contributed by atoms with E-state index in [2.05, 4.69) is 20.8 Å². The molecule has 3 saturated carbocycles. The number of ether oxygens (including phenoxy) is 4. The van der Waals surface area contributed by atoms with E-state index >= 15 is 0 Å².